The summed E-state index contributed by atoms with van der Waals surface area (Å²) in [5.41, 5.74) is 2.74. The van der Waals surface area contributed by atoms with Crippen molar-refractivity contribution >= 4 is 11.7 Å². The van der Waals surface area contributed by atoms with Crippen molar-refractivity contribution in [2.24, 2.45) is 0 Å². The molecule has 2 aromatic rings. The summed E-state index contributed by atoms with van der Waals surface area (Å²) in [6.07, 6.45) is 0.865. The quantitative estimate of drug-likeness (QED) is 0.859. The lowest BCUT2D eigenvalue weighted by Gasteiger charge is -2.18. The molecule has 0 bridgehead atoms. The average molecular weight is 255 g/mol. The molecule has 0 aliphatic rings. The van der Waals surface area contributed by atoms with Gasteiger partial charge in [0.05, 0.1) is 0 Å². The number of hydrogen-bond acceptors (Lipinski definition) is 2. The standard InChI is InChI=1S/C16H17NO2/c1-2-12-8-6-7-11-14(12)17-15(16(18)19)13-9-4-3-5-10-13/h3-11,15,17H,2H2,1H3,(H,18,19). The number of carbonyl (C=O) groups is 1. The number of carboxylic acids is 1. The molecule has 0 fully saturated rings. The molecule has 3 nitrogen and oxygen atoms in total. The first-order chi connectivity index (χ1) is 9.22. The first-order valence-electron chi connectivity index (χ1n) is 6.34. The molecule has 98 valence electrons. The summed E-state index contributed by atoms with van der Waals surface area (Å²) in [5, 5.41) is 12.5. The van der Waals surface area contributed by atoms with Crippen molar-refractivity contribution in [1.29, 1.82) is 0 Å². The fraction of sp³-hybridized carbons (Fsp3) is 0.188. The Morgan fingerprint density at radius 1 is 1.11 bits per heavy atom. The molecule has 0 heterocycles. The maximum absolute atomic E-state index is 11.4. The van der Waals surface area contributed by atoms with E-state index in [1.807, 2.05) is 54.6 Å². The molecule has 0 saturated carbocycles. The minimum atomic E-state index is -0.878. The van der Waals surface area contributed by atoms with E-state index in [1.54, 1.807) is 0 Å². The van der Waals surface area contributed by atoms with Crippen LogP contribution in [0.5, 0.6) is 0 Å². The topological polar surface area (TPSA) is 49.3 Å². The van der Waals surface area contributed by atoms with Crippen LogP contribution in [0.25, 0.3) is 0 Å². The van der Waals surface area contributed by atoms with Crippen LogP contribution in [0.1, 0.15) is 24.1 Å². The Kier molecular flexibility index (Phi) is 4.18. The maximum atomic E-state index is 11.4. The second-order valence-corrected chi connectivity index (χ2v) is 4.34. The number of aliphatic carboxylic acids is 1. The van der Waals surface area contributed by atoms with Gasteiger partial charge in [0.2, 0.25) is 0 Å². The van der Waals surface area contributed by atoms with Crippen molar-refractivity contribution in [2.45, 2.75) is 19.4 Å². The molecule has 2 rings (SSSR count). The highest BCUT2D eigenvalue weighted by Crippen LogP contribution is 2.23. The normalized spacial score (nSPS) is 11.8. The van der Waals surface area contributed by atoms with Crippen molar-refractivity contribution in [1.82, 2.24) is 0 Å². The summed E-state index contributed by atoms with van der Waals surface area (Å²) in [6.45, 7) is 2.05. The Morgan fingerprint density at radius 2 is 1.74 bits per heavy atom. The summed E-state index contributed by atoms with van der Waals surface area (Å²) < 4.78 is 0. The Balaban J connectivity index is 2.30. The summed E-state index contributed by atoms with van der Waals surface area (Å²) >= 11 is 0. The fourth-order valence-electron chi connectivity index (χ4n) is 2.06. The van der Waals surface area contributed by atoms with Gasteiger partial charge in [0.15, 0.2) is 6.04 Å². The highest BCUT2D eigenvalue weighted by Gasteiger charge is 2.19. The SMILES string of the molecule is CCc1ccccc1NC(C(=O)O)c1ccccc1. The molecular weight excluding hydrogens is 238 g/mol. The minimum absolute atomic E-state index is 0.728. The van der Waals surface area contributed by atoms with E-state index in [2.05, 4.69) is 12.2 Å². The van der Waals surface area contributed by atoms with Crippen LogP contribution < -0.4 is 5.32 Å². The van der Waals surface area contributed by atoms with Crippen molar-refractivity contribution in [3.05, 3.63) is 65.7 Å². The predicted octanol–water partition coefficient (Wildman–Crippen LogP) is 3.49. The largest absolute Gasteiger partial charge is 0.479 e. The van der Waals surface area contributed by atoms with Crippen LogP contribution in [-0.2, 0) is 11.2 Å². The lowest BCUT2D eigenvalue weighted by Crippen LogP contribution is -2.21. The molecule has 0 aliphatic heterocycles. The average Bonchev–Trinajstić information content (AvgIpc) is 2.45. The van der Waals surface area contributed by atoms with E-state index in [-0.39, 0.29) is 0 Å². The summed E-state index contributed by atoms with van der Waals surface area (Å²) in [5.74, 6) is -0.878. The Morgan fingerprint density at radius 3 is 2.37 bits per heavy atom. The van der Waals surface area contributed by atoms with Gasteiger partial charge >= 0.3 is 5.97 Å². The first-order valence-corrected chi connectivity index (χ1v) is 6.34. The van der Waals surface area contributed by atoms with Crippen LogP contribution in [0.2, 0.25) is 0 Å². The number of hydrogen-bond donors (Lipinski definition) is 2. The molecule has 2 aromatic carbocycles. The van der Waals surface area contributed by atoms with E-state index in [9.17, 15) is 9.90 Å². The lowest BCUT2D eigenvalue weighted by molar-refractivity contribution is -0.138. The van der Waals surface area contributed by atoms with Crippen LogP contribution in [0.3, 0.4) is 0 Å². The van der Waals surface area contributed by atoms with Gasteiger partial charge in [-0.25, -0.2) is 4.79 Å². The fourth-order valence-corrected chi connectivity index (χ4v) is 2.06. The van der Waals surface area contributed by atoms with Gasteiger partial charge in [-0.1, -0.05) is 55.5 Å². The highest BCUT2D eigenvalue weighted by atomic mass is 16.4. The van der Waals surface area contributed by atoms with Crippen molar-refractivity contribution in [2.75, 3.05) is 5.32 Å². The van der Waals surface area contributed by atoms with Crippen molar-refractivity contribution in [3.8, 4) is 0 Å². The van der Waals surface area contributed by atoms with Gasteiger partial charge in [0.25, 0.3) is 0 Å². The number of aryl methyl sites for hydroxylation is 1. The summed E-state index contributed by atoms with van der Waals surface area (Å²) in [6, 6.07) is 16.3. The van der Waals surface area contributed by atoms with Crippen LogP contribution in [-0.4, -0.2) is 11.1 Å². The predicted molar refractivity (Wildman–Crippen MR) is 76.3 cm³/mol. The Hall–Kier alpha value is -2.29. The maximum Gasteiger partial charge on any atom is 0.330 e. The van der Waals surface area contributed by atoms with Crippen molar-refractivity contribution in [3.63, 3.8) is 0 Å². The molecule has 3 heteroatoms. The third kappa shape index (κ3) is 3.13. The van der Waals surface area contributed by atoms with Gasteiger partial charge in [0.1, 0.15) is 0 Å². The minimum Gasteiger partial charge on any atom is -0.479 e. The number of anilines is 1. The highest BCUT2D eigenvalue weighted by molar-refractivity contribution is 5.79. The van der Waals surface area contributed by atoms with E-state index < -0.39 is 12.0 Å². The third-order valence-electron chi connectivity index (χ3n) is 3.08. The monoisotopic (exact) mass is 255 g/mol. The summed E-state index contributed by atoms with van der Waals surface area (Å²) in [4.78, 5) is 11.4. The summed E-state index contributed by atoms with van der Waals surface area (Å²) in [7, 11) is 0. The Bertz CT molecular complexity index is 552. The molecule has 0 aromatic heterocycles. The van der Waals surface area contributed by atoms with E-state index in [0.717, 1.165) is 23.2 Å². The van der Waals surface area contributed by atoms with Crippen LogP contribution in [0.4, 0.5) is 5.69 Å². The van der Waals surface area contributed by atoms with E-state index >= 15 is 0 Å². The first kappa shape index (κ1) is 13.1. The Labute approximate surface area is 112 Å². The van der Waals surface area contributed by atoms with E-state index in [1.165, 1.54) is 0 Å². The third-order valence-corrected chi connectivity index (χ3v) is 3.08. The molecule has 1 unspecified atom stereocenters. The molecule has 0 amide bonds. The second-order valence-electron chi connectivity index (χ2n) is 4.34. The smallest absolute Gasteiger partial charge is 0.330 e. The van der Waals surface area contributed by atoms with E-state index in [4.69, 9.17) is 0 Å². The van der Waals surface area contributed by atoms with Gasteiger partial charge in [-0.2, -0.15) is 0 Å². The van der Waals surface area contributed by atoms with Gasteiger partial charge in [-0.05, 0) is 23.6 Å². The zero-order chi connectivity index (χ0) is 13.7. The zero-order valence-corrected chi connectivity index (χ0v) is 10.8. The molecule has 2 N–H and O–H groups in total. The molecule has 0 radical (unpaired) electrons. The molecule has 0 spiro atoms. The van der Waals surface area contributed by atoms with Gasteiger partial charge in [-0.15, -0.1) is 0 Å². The number of carboxylic acid groups (broad SMARTS) is 1. The molecule has 0 saturated heterocycles. The van der Waals surface area contributed by atoms with Gasteiger partial charge in [0, 0.05) is 5.69 Å². The second kappa shape index (κ2) is 6.05. The number of nitrogens with one attached hydrogen (secondary N) is 1. The van der Waals surface area contributed by atoms with Gasteiger partial charge < -0.3 is 10.4 Å². The van der Waals surface area contributed by atoms with E-state index in [0.29, 0.717) is 0 Å². The van der Waals surface area contributed by atoms with Gasteiger partial charge in [-0.3, -0.25) is 0 Å². The van der Waals surface area contributed by atoms with Crippen LogP contribution in [0.15, 0.2) is 54.6 Å². The number of rotatable bonds is 5. The van der Waals surface area contributed by atoms with Crippen molar-refractivity contribution < 1.29 is 9.90 Å². The number of benzene rings is 2. The molecular formula is C16H17NO2. The lowest BCUT2D eigenvalue weighted by atomic mass is 10.0. The number of para-hydroxylation sites is 1. The zero-order valence-electron chi connectivity index (χ0n) is 10.8. The molecule has 19 heavy (non-hydrogen) atoms. The molecule has 1 atom stereocenters. The molecule has 0 aliphatic carbocycles. The van der Waals surface area contributed by atoms with Crippen LogP contribution >= 0.6 is 0 Å². The van der Waals surface area contributed by atoms with Crippen LogP contribution in [0, 0.1) is 0 Å².